The van der Waals surface area contributed by atoms with Crippen molar-refractivity contribution < 1.29 is 18.1 Å². The van der Waals surface area contributed by atoms with E-state index in [1.807, 2.05) is 60.7 Å². The minimum absolute atomic E-state index is 0.201. The molecule has 3 rings (SSSR count). The van der Waals surface area contributed by atoms with Crippen molar-refractivity contribution in [1.82, 2.24) is 4.90 Å². The average molecular weight is 406 g/mol. The quantitative estimate of drug-likeness (QED) is 0.717. The van der Waals surface area contributed by atoms with Gasteiger partial charge in [0.25, 0.3) is 10.1 Å². The lowest BCUT2D eigenvalue weighted by molar-refractivity contribution is 0.0546. The van der Waals surface area contributed by atoms with Crippen LogP contribution in [-0.4, -0.2) is 48.4 Å². The molecule has 0 amide bonds. The summed E-state index contributed by atoms with van der Waals surface area (Å²) >= 11 is 0. The van der Waals surface area contributed by atoms with Gasteiger partial charge >= 0.3 is 0 Å². The zero-order valence-electron chi connectivity index (χ0n) is 16.5. The van der Waals surface area contributed by atoms with Crippen molar-refractivity contribution in [3.63, 3.8) is 0 Å². The molecule has 0 atom stereocenters. The third-order valence-corrected chi connectivity index (χ3v) is 5.84. The molecule has 5 nitrogen and oxygen atoms in total. The molecule has 1 aliphatic heterocycles. The Morgan fingerprint density at radius 1 is 0.893 bits per heavy atom. The van der Waals surface area contributed by atoms with E-state index in [2.05, 4.69) is 4.90 Å². The van der Waals surface area contributed by atoms with Crippen LogP contribution in [0, 0.1) is 0 Å². The predicted octanol–water partition coefficient (Wildman–Crippen LogP) is 3.69. The van der Waals surface area contributed by atoms with Gasteiger partial charge in [-0.2, -0.15) is 8.42 Å². The topological polar surface area (TPSA) is 77.8 Å². The van der Waals surface area contributed by atoms with E-state index in [4.69, 9.17) is 4.55 Å². The van der Waals surface area contributed by atoms with Crippen molar-refractivity contribution in [3.8, 4) is 0 Å². The van der Waals surface area contributed by atoms with E-state index >= 15 is 0 Å². The van der Waals surface area contributed by atoms with Crippen molar-refractivity contribution >= 4 is 10.1 Å². The van der Waals surface area contributed by atoms with Crippen LogP contribution < -0.4 is 0 Å². The Kier molecular flexibility index (Phi) is 8.63. The molecule has 28 heavy (non-hydrogen) atoms. The minimum Gasteiger partial charge on any atom is -0.380 e. The normalized spacial score (nSPS) is 15.5. The maximum Gasteiger partial charge on any atom is 0.264 e. The second-order valence-corrected chi connectivity index (χ2v) is 8.86. The number of nitrogens with zero attached hydrogens (tertiary/aromatic N) is 1. The first-order chi connectivity index (χ1) is 13.3. The van der Waals surface area contributed by atoms with Crippen LogP contribution in [0.5, 0.6) is 0 Å². The third kappa shape index (κ3) is 7.02. The Bertz CT molecular complexity index is 748. The minimum atomic E-state index is -3.66. The van der Waals surface area contributed by atoms with E-state index in [0.717, 1.165) is 24.1 Å². The summed E-state index contributed by atoms with van der Waals surface area (Å²) in [6.45, 7) is 4.65. The van der Waals surface area contributed by atoms with Gasteiger partial charge in [0, 0.05) is 6.54 Å². The zero-order chi connectivity index (χ0) is 20.5. The summed E-state index contributed by atoms with van der Waals surface area (Å²) in [4.78, 5) is 2.49. The summed E-state index contributed by atoms with van der Waals surface area (Å²) in [6.07, 6.45) is 4.66. The molecule has 0 radical (unpaired) electrons. The Balaban J connectivity index is 0.000000409. The average Bonchev–Trinajstić information content (AvgIpc) is 2.74. The number of rotatable bonds is 6. The number of hydrogen-bond acceptors (Lipinski definition) is 4. The summed E-state index contributed by atoms with van der Waals surface area (Å²) in [6, 6.07) is 20.1. The largest absolute Gasteiger partial charge is 0.380 e. The maximum absolute atomic E-state index is 11.5. The fourth-order valence-electron chi connectivity index (χ4n) is 3.39. The van der Waals surface area contributed by atoms with Crippen molar-refractivity contribution in [2.75, 3.05) is 25.4 Å². The SMILES string of the molecule is CCS(=O)(=O)O.OC(CCN1CCCCC1)(c1ccccc1)c1ccccc1. The Morgan fingerprint density at radius 3 is 1.71 bits per heavy atom. The lowest BCUT2D eigenvalue weighted by Gasteiger charge is -2.33. The van der Waals surface area contributed by atoms with Gasteiger partial charge < -0.3 is 10.0 Å². The molecule has 0 aliphatic carbocycles. The first-order valence-corrected chi connectivity index (χ1v) is 11.5. The highest BCUT2D eigenvalue weighted by Gasteiger charge is 2.31. The van der Waals surface area contributed by atoms with Crippen LogP contribution in [0.2, 0.25) is 0 Å². The lowest BCUT2D eigenvalue weighted by atomic mass is 9.83. The van der Waals surface area contributed by atoms with Gasteiger partial charge in [-0.25, -0.2) is 0 Å². The van der Waals surface area contributed by atoms with Gasteiger partial charge in [-0.1, -0.05) is 67.1 Å². The van der Waals surface area contributed by atoms with Crippen LogP contribution in [-0.2, 0) is 15.7 Å². The molecular weight excluding hydrogens is 374 g/mol. The zero-order valence-corrected chi connectivity index (χ0v) is 17.3. The monoisotopic (exact) mass is 405 g/mol. The predicted molar refractivity (Wildman–Crippen MR) is 113 cm³/mol. The van der Waals surface area contributed by atoms with Gasteiger partial charge in [-0.3, -0.25) is 4.55 Å². The molecule has 2 aromatic carbocycles. The van der Waals surface area contributed by atoms with Gasteiger partial charge in [0.15, 0.2) is 0 Å². The van der Waals surface area contributed by atoms with Crippen LogP contribution in [0.3, 0.4) is 0 Å². The first kappa shape index (κ1) is 22.6. The van der Waals surface area contributed by atoms with Gasteiger partial charge in [-0.15, -0.1) is 0 Å². The second-order valence-electron chi connectivity index (χ2n) is 7.12. The molecule has 0 saturated carbocycles. The summed E-state index contributed by atoms with van der Waals surface area (Å²) in [7, 11) is -3.66. The Hall–Kier alpha value is -1.73. The molecule has 1 heterocycles. The first-order valence-electron chi connectivity index (χ1n) is 9.86. The summed E-state index contributed by atoms with van der Waals surface area (Å²) < 4.78 is 26.9. The molecule has 0 aromatic heterocycles. The summed E-state index contributed by atoms with van der Waals surface area (Å²) in [5.74, 6) is -0.201. The van der Waals surface area contributed by atoms with Crippen LogP contribution in [0.25, 0.3) is 0 Å². The van der Waals surface area contributed by atoms with E-state index in [1.54, 1.807) is 0 Å². The molecule has 1 saturated heterocycles. The van der Waals surface area contributed by atoms with E-state index in [9.17, 15) is 13.5 Å². The number of aliphatic hydroxyl groups is 1. The van der Waals surface area contributed by atoms with Gasteiger partial charge in [0.05, 0.1) is 5.75 Å². The van der Waals surface area contributed by atoms with Crippen molar-refractivity contribution in [1.29, 1.82) is 0 Å². The summed E-state index contributed by atoms with van der Waals surface area (Å²) in [5, 5.41) is 11.5. The fourth-order valence-corrected chi connectivity index (χ4v) is 3.39. The highest BCUT2D eigenvalue weighted by molar-refractivity contribution is 7.85. The smallest absolute Gasteiger partial charge is 0.264 e. The molecule has 0 spiro atoms. The van der Waals surface area contributed by atoms with Crippen molar-refractivity contribution in [2.45, 2.75) is 38.2 Å². The van der Waals surface area contributed by atoms with Gasteiger partial charge in [0.1, 0.15) is 5.60 Å². The molecule has 0 bridgehead atoms. The van der Waals surface area contributed by atoms with Crippen molar-refractivity contribution in [2.24, 2.45) is 0 Å². The highest BCUT2D eigenvalue weighted by Crippen LogP contribution is 2.33. The Labute approximate surface area is 168 Å². The standard InChI is InChI=1S/C20H25NO.C2H6O3S/c22-20(18-10-4-1-5-11-18,19-12-6-2-7-13-19)14-17-21-15-8-3-9-16-21;1-2-6(3,4)5/h1-2,4-7,10-13,22H,3,8-9,14-17H2;2H2,1H3,(H,3,4,5). The molecular formula is C22H31NO4S. The number of piperidine rings is 1. The molecule has 1 fully saturated rings. The highest BCUT2D eigenvalue weighted by atomic mass is 32.2. The fraction of sp³-hybridized carbons (Fsp3) is 0.455. The van der Waals surface area contributed by atoms with E-state index < -0.39 is 15.7 Å². The summed E-state index contributed by atoms with van der Waals surface area (Å²) in [5.41, 5.74) is 1.07. The molecule has 2 N–H and O–H groups in total. The number of likely N-dealkylation sites (tertiary alicyclic amines) is 1. The van der Waals surface area contributed by atoms with E-state index in [-0.39, 0.29) is 5.75 Å². The van der Waals surface area contributed by atoms with Crippen LogP contribution in [0.1, 0.15) is 43.7 Å². The molecule has 154 valence electrons. The molecule has 1 aliphatic rings. The molecule has 6 heteroatoms. The van der Waals surface area contributed by atoms with Crippen LogP contribution in [0.15, 0.2) is 60.7 Å². The van der Waals surface area contributed by atoms with Crippen LogP contribution >= 0.6 is 0 Å². The van der Waals surface area contributed by atoms with E-state index in [0.29, 0.717) is 0 Å². The Morgan fingerprint density at radius 2 is 1.32 bits per heavy atom. The lowest BCUT2D eigenvalue weighted by Crippen LogP contribution is -2.36. The molecule has 2 aromatic rings. The second kappa shape index (κ2) is 10.7. The van der Waals surface area contributed by atoms with E-state index in [1.165, 1.54) is 39.3 Å². The van der Waals surface area contributed by atoms with Gasteiger partial charge in [-0.05, 0) is 50.4 Å². The maximum atomic E-state index is 11.5. The van der Waals surface area contributed by atoms with Crippen LogP contribution in [0.4, 0.5) is 0 Å². The van der Waals surface area contributed by atoms with Crippen molar-refractivity contribution in [3.05, 3.63) is 71.8 Å². The molecule has 0 unspecified atom stereocenters. The third-order valence-electron chi connectivity index (χ3n) is 5.11. The number of hydrogen-bond donors (Lipinski definition) is 2. The number of benzene rings is 2. The van der Waals surface area contributed by atoms with Gasteiger partial charge in [0.2, 0.25) is 0 Å².